The van der Waals surface area contributed by atoms with Gasteiger partial charge in [-0.2, -0.15) is 5.26 Å². The summed E-state index contributed by atoms with van der Waals surface area (Å²) in [5, 5.41) is 14.9. The van der Waals surface area contributed by atoms with Crippen LogP contribution in [0.3, 0.4) is 0 Å². The normalized spacial score (nSPS) is 11.8. The average Bonchev–Trinajstić information content (AvgIpc) is 2.55. The van der Waals surface area contributed by atoms with E-state index in [0.29, 0.717) is 5.56 Å². The molecule has 0 aliphatic carbocycles. The van der Waals surface area contributed by atoms with Crippen molar-refractivity contribution in [2.75, 3.05) is 5.32 Å². The Labute approximate surface area is 124 Å². The van der Waals surface area contributed by atoms with Crippen LogP contribution in [-0.2, 0) is 0 Å². The van der Waals surface area contributed by atoms with Gasteiger partial charge >= 0.3 is 0 Å². The molecule has 0 aliphatic heterocycles. The van der Waals surface area contributed by atoms with Gasteiger partial charge in [0.2, 0.25) is 0 Å². The number of nitrogens with zero attached hydrogens (tertiary/aromatic N) is 1. The van der Waals surface area contributed by atoms with E-state index in [0.717, 1.165) is 5.69 Å². The lowest BCUT2D eigenvalue weighted by molar-refractivity contribution is 0.894. The van der Waals surface area contributed by atoms with Gasteiger partial charge < -0.3 is 5.32 Å². The van der Waals surface area contributed by atoms with Crippen LogP contribution in [-0.4, -0.2) is 0 Å². The highest BCUT2D eigenvalue weighted by molar-refractivity contribution is 5.86. The van der Waals surface area contributed by atoms with Crippen molar-refractivity contribution >= 4 is 16.5 Å². The monoisotopic (exact) mass is 272 g/mol. The summed E-state index contributed by atoms with van der Waals surface area (Å²) in [6.45, 7) is 2.15. The largest absolute Gasteiger partial charge is 0.378 e. The van der Waals surface area contributed by atoms with Crippen LogP contribution in [0.5, 0.6) is 0 Å². The molecule has 1 atom stereocenters. The van der Waals surface area contributed by atoms with E-state index in [9.17, 15) is 0 Å². The molecule has 0 saturated carbocycles. The van der Waals surface area contributed by atoms with Crippen molar-refractivity contribution in [3.63, 3.8) is 0 Å². The summed E-state index contributed by atoms with van der Waals surface area (Å²) < 4.78 is 0. The molecule has 0 bridgehead atoms. The molecule has 0 heterocycles. The number of benzene rings is 3. The number of nitrogens with one attached hydrogen (secondary N) is 1. The van der Waals surface area contributed by atoms with Gasteiger partial charge in [0.25, 0.3) is 0 Å². The quantitative estimate of drug-likeness (QED) is 0.737. The molecule has 102 valence electrons. The Morgan fingerprint density at radius 2 is 1.62 bits per heavy atom. The van der Waals surface area contributed by atoms with Gasteiger partial charge in [-0.25, -0.2) is 0 Å². The summed E-state index contributed by atoms with van der Waals surface area (Å²) in [5.41, 5.74) is 2.98. The maximum absolute atomic E-state index is 8.84. The molecular formula is C19H16N2. The Morgan fingerprint density at radius 1 is 0.905 bits per heavy atom. The van der Waals surface area contributed by atoms with Crippen molar-refractivity contribution in [1.29, 1.82) is 5.26 Å². The highest BCUT2D eigenvalue weighted by Gasteiger charge is 2.08. The van der Waals surface area contributed by atoms with E-state index in [1.54, 1.807) is 0 Å². The molecule has 3 aromatic rings. The maximum Gasteiger partial charge on any atom is 0.0991 e. The van der Waals surface area contributed by atoms with Crippen molar-refractivity contribution in [3.05, 3.63) is 77.9 Å². The van der Waals surface area contributed by atoms with Gasteiger partial charge in [-0.3, -0.25) is 0 Å². The Kier molecular flexibility index (Phi) is 3.57. The van der Waals surface area contributed by atoms with Gasteiger partial charge in [0.05, 0.1) is 11.6 Å². The molecule has 3 rings (SSSR count). The molecule has 2 heteroatoms. The Morgan fingerprint density at radius 3 is 2.38 bits per heavy atom. The molecule has 1 N–H and O–H groups in total. The van der Waals surface area contributed by atoms with Crippen LogP contribution in [0.2, 0.25) is 0 Å². The molecule has 0 radical (unpaired) electrons. The lowest BCUT2D eigenvalue weighted by Gasteiger charge is -2.18. The standard InChI is InChI=1S/C19H16N2/c1-14(21-17-11-9-15(13-20)10-12-17)18-8-4-6-16-5-2-3-7-19(16)18/h2-12,14,21H,1H3. The van der Waals surface area contributed by atoms with Crippen LogP contribution in [0.4, 0.5) is 5.69 Å². The zero-order valence-corrected chi connectivity index (χ0v) is 11.9. The fraction of sp³-hybridized carbons (Fsp3) is 0.105. The van der Waals surface area contributed by atoms with Crippen molar-refractivity contribution in [1.82, 2.24) is 0 Å². The van der Waals surface area contributed by atoms with Gasteiger partial charge in [0.15, 0.2) is 0 Å². The summed E-state index contributed by atoms with van der Waals surface area (Å²) in [7, 11) is 0. The third kappa shape index (κ3) is 2.73. The van der Waals surface area contributed by atoms with Crippen molar-refractivity contribution in [2.45, 2.75) is 13.0 Å². The predicted molar refractivity (Wildman–Crippen MR) is 87.1 cm³/mol. The molecule has 3 aromatic carbocycles. The number of fused-ring (bicyclic) bond motifs is 1. The SMILES string of the molecule is CC(Nc1ccc(C#N)cc1)c1cccc2ccccc12. The second-order valence-corrected chi connectivity index (χ2v) is 5.12. The smallest absolute Gasteiger partial charge is 0.0991 e. The maximum atomic E-state index is 8.84. The first-order valence-corrected chi connectivity index (χ1v) is 7.02. The first-order chi connectivity index (χ1) is 10.3. The van der Waals surface area contributed by atoms with E-state index in [-0.39, 0.29) is 6.04 Å². The average molecular weight is 272 g/mol. The van der Waals surface area contributed by atoms with Crippen molar-refractivity contribution in [2.24, 2.45) is 0 Å². The van der Waals surface area contributed by atoms with Gasteiger partial charge in [0.1, 0.15) is 0 Å². The summed E-state index contributed by atoms with van der Waals surface area (Å²) >= 11 is 0. The molecule has 1 unspecified atom stereocenters. The van der Waals surface area contributed by atoms with Crippen LogP contribution in [0.25, 0.3) is 10.8 Å². The number of rotatable bonds is 3. The molecular weight excluding hydrogens is 256 g/mol. The van der Waals surface area contributed by atoms with Gasteiger partial charge in [-0.05, 0) is 47.5 Å². The van der Waals surface area contributed by atoms with Gasteiger partial charge in [0, 0.05) is 11.7 Å². The molecule has 0 aromatic heterocycles. The highest BCUT2D eigenvalue weighted by Crippen LogP contribution is 2.26. The van der Waals surface area contributed by atoms with Crippen LogP contribution in [0.15, 0.2) is 66.7 Å². The summed E-state index contributed by atoms with van der Waals surface area (Å²) in [6, 6.07) is 24.7. The van der Waals surface area contributed by atoms with Crippen LogP contribution >= 0.6 is 0 Å². The zero-order valence-electron chi connectivity index (χ0n) is 11.9. The van der Waals surface area contributed by atoms with Crippen molar-refractivity contribution < 1.29 is 0 Å². The first kappa shape index (κ1) is 13.2. The number of anilines is 1. The van der Waals surface area contributed by atoms with E-state index in [1.165, 1.54) is 16.3 Å². The number of hydrogen-bond donors (Lipinski definition) is 1. The molecule has 0 amide bonds. The van der Waals surface area contributed by atoms with E-state index in [1.807, 2.05) is 24.3 Å². The van der Waals surface area contributed by atoms with Crippen LogP contribution in [0, 0.1) is 11.3 Å². The highest BCUT2D eigenvalue weighted by atomic mass is 14.9. The lowest BCUT2D eigenvalue weighted by Crippen LogP contribution is -2.07. The number of hydrogen-bond acceptors (Lipinski definition) is 2. The van der Waals surface area contributed by atoms with Gasteiger partial charge in [-0.15, -0.1) is 0 Å². The second kappa shape index (κ2) is 5.68. The minimum atomic E-state index is 0.198. The predicted octanol–water partition coefficient (Wildman–Crippen LogP) is 4.88. The van der Waals surface area contributed by atoms with E-state index in [2.05, 4.69) is 60.8 Å². The Bertz CT molecular complexity index is 792. The number of nitriles is 1. The van der Waals surface area contributed by atoms with Gasteiger partial charge in [-0.1, -0.05) is 42.5 Å². The Balaban J connectivity index is 1.90. The Hall–Kier alpha value is -2.79. The molecule has 21 heavy (non-hydrogen) atoms. The van der Waals surface area contributed by atoms with E-state index >= 15 is 0 Å². The molecule has 0 fully saturated rings. The fourth-order valence-electron chi connectivity index (χ4n) is 2.60. The lowest BCUT2D eigenvalue weighted by atomic mass is 9.99. The third-order valence-electron chi connectivity index (χ3n) is 3.69. The molecule has 0 spiro atoms. The summed E-state index contributed by atoms with van der Waals surface area (Å²) in [4.78, 5) is 0. The zero-order chi connectivity index (χ0) is 14.7. The first-order valence-electron chi connectivity index (χ1n) is 7.02. The molecule has 0 aliphatic rings. The third-order valence-corrected chi connectivity index (χ3v) is 3.69. The van der Waals surface area contributed by atoms with Crippen LogP contribution in [0.1, 0.15) is 24.1 Å². The summed E-state index contributed by atoms with van der Waals surface area (Å²) in [6.07, 6.45) is 0. The van der Waals surface area contributed by atoms with Crippen LogP contribution < -0.4 is 5.32 Å². The van der Waals surface area contributed by atoms with E-state index < -0.39 is 0 Å². The minimum absolute atomic E-state index is 0.198. The fourth-order valence-corrected chi connectivity index (χ4v) is 2.60. The molecule has 2 nitrogen and oxygen atoms in total. The van der Waals surface area contributed by atoms with Crippen molar-refractivity contribution in [3.8, 4) is 6.07 Å². The minimum Gasteiger partial charge on any atom is -0.378 e. The van der Waals surface area contributed by atoms with E-state index in [4.69, 9.17) is 5.26 Å². The topological polar surface area (TPSA) is 35.8 Å². The summed E-state index contributed by atoms with van der Waals surface area (Å²) in [5.74, 6) is 0. The second-order valence-electron chi connectivity index (χ2n) is 5.12. The molecule has 0 saturated heterocycles.